The molecule has 0 unspecified atom stereocenters. The quantitative estimate of drug-likeness (QED) is 0.898. The number of benzene rings is 1. The van der Waals surface area contributed by atoms with Gasteiger partial charge in [-0.15, -0.1) is 0 Å². The van der Waals surface area contributed by atoms with Crippen molar-refractivity contribution in [3.8, 4) is 0 Å². The van der Waals surface area contributed by atoms with Gasteiger partial charge >= 0.3 is 0 Å². The predicted octanol–water partition coefficient (Wildman–Crippen LogP) is 2.44. The van der Waals surface area contributed by atoms with Crippen LogP contribution in [0.5, 0.6) is 0 Å². The van der Waals surface area contributed by atoms with Gasteiger partial charge in [-0.2, -0.15) is 5.16 Å². The lowest BCUT2D eigenvalue weighted by Crippen LogP contribution is -2.37. The summed E-state index contributed by atoms with van der Waals surface area (Å²) in [6.07, 6.45) is 4.27. The molecule has 2 aromatic rings. The standard InChI is InChI=1S/C16H20N2O2/c19-16-11-15(20-18-16)13-8-9-17-14(10-13)7-6-12-4-2-1-3-5-12/h1-5,11,13-14,17H,6-10H2,(H,18,19)/t13-,14-/m0/s1. The van der Waals surface area contributed by atoms with Crippen molar-refractivity contribution < 1.29 is 4.52 Å². The zero-order valence-electron chi connectivity index (χ0n) is 11.5. The van der Waals surface area contributed by atoms with Crippen molar-refractivity contribution in [2.45, 2.75) is 37.6 Å². The van der Waals surface area contributed by atoms with E-state index >= 15 is 0 Å². The lowest BCUT2D eigenvalue weighted by Gasteiger charge is -2.29. The molecule has 0 radical (unpaired) electrons. The number of aromatic amines is 1. The van der Waals surface area contributed by atoms with E-state index in [0.717, 1.165) is 38.0 Å². The molecule has 0 saturated carbocycles. The van der Waals surface area contributed by atoms with Crippen molar-refractivity contribution in [3.05, 3.63) is 58.1 Å². The highest BCUT2D eigenvalue weighted by molar-refractivity contribution is 5.15. The average molecular weight is 272 g/mol. The number of hydrogen-bond donors (Lipinski definition) is 2. The summed E-state index contributed by atoms with van der Waals surface area (Å²) in [4.78, 5) is 11.2. The maximum Gasteiger partial charge on any atom is 0.280 e. The summed E-state index contributed by atoms with van der Waals surface area (Å²) >= 11 is 0. The Hall–Kier alpha value is -1.81. The SMILES string of the molecule is O=c1cc([C@H]2CCN[C@@H](CCc3ccccc3)C2)o[nH]1. The number of H-pyrrole nitrogens is 1. The van der Waals surface area contributed by atoms with Gasteiger partial charge < -0.3 is 9.84 Å². The van der Waals surface area contributed by atoms with Crippen LogP contribution in [0.15, 0.2) is 45.7 Å². The first-order chi connectivity index (χ1) is 9.81. The summed E-state index contributed by atoms with van der Waals surface area (Å²) in [5.41, 5.74) is 1.24. The third-order valence-electron chi connectivity index (χ3n) is 4.06. The van der Waals surface area contributed by atoms with E-state index in [1.807, 2.05) is 6.07 Å². The highest BCUT2D eigenvalue weighted by atomic mass is 16.5. The van der Waals surface area contributed by atoms with E-state index in [1.54, 1.807) is 6.07 Å². The lowest BCUT2D eigenvalue weighted by molar-refractivity contribution is 0.287. The third-order valence-corrected chi connectivity index (χ3v) is 4.06. The maximum absolute atomic E-state index is 11.2. The topological polar surface area (TPSA) is 58.0 Å². The van der Waals surface area contributed by atoms with Crippen LogP contribution >= 0.6 is 0 Å². The van der Waals surface area contributed by atoms with E-state index < -0.39 is 0 Å². The highest BCUT2D eigenvalue weighted by Gasteiger charge is 2.25. The first-order valence-corrected chi connectivity index (χ1v) is 7.27. The molecule has 1 fully saturated rings. The number of piperidine rings is 1. The minimum absolute atomic E-state index is 0.139. The minimum Gasteiger partial charge on any atom is -0.383 e. The Morgan fingerprint density at radius 2 is 2.10 bits per heavy atom. The molecule has 1 aromatic heterocycles. The van der Waals surface area contributed by atoms with Crippen molar-refractivity contribution in [3.63, 3.8) is 0 Å². The molecule has 2 heterocycles. The lowest BCUT2D eigenvalue weighted by atomic mass is 9.88. The minimum atomic E-state index is -0.139. The van der Waals surface area contributed by atoms with Gasteiger partial charge in [-0.1, -0.05) is 30.3 Å². The summed E-state index contributed by atoms with van der Waals surface area (Å²) < 4.78 is 5.25. The van der Waals surface area contributed by atoms with Crippen LogP contribution in [0.3, 0.4) is 0 Å². The summed E-state index contributed by atoms with van der Waals surface area (Å²) in [7, 11) is 0. The molecular formula is C16H20N2O2. The monoisotopic (exact) mass is 272 g/mol. The molecule has 20 heavy (non-hydrogen) atoms. The van der Waals surface area contributed by atoms with Gasteiger partial charge in [0.2, 0.25) is 0 Å². The van der Waals surface area contributed by atoms with Gasteiger partial charge in [0.05, 0.1) is 0 Å². The molecule has 1 aromatic carbocycles. The highest BCUT2D eigenvalue weighted by Crippen LogP contribution is 2.28. The number of hydrogen-bond acceptors (Lipinski definition) is 3. The summed E-state index contributed by atoms with van der Waals surface area (Å²) in [6.45, 7) is 0.985. The number of nitrogens with one attached hydrogen (secondary N) is 2. The van der Waals surface area contributed by atoms with Gasteiger partial charge in [-0.05, 0) is 37.8 Å². The van der Waals surface area contributed by atoms with Gasteiger partial charge in [0, 0.05) is 18.0 Å². The molecule has 0 aliphatic carbocycles. The molecule has 0 bridgehead atoms. The molecule has 106 valence electrons. The Morgan fingerprint density at radius 3 is 2.85 bits per heavy atom. The maximum atomic E-state index is 11.2. The van der Waals surface area contributed by atoms with Gasteiger partial charge in [0.15, 0.2) is 0 Å². The second-order valence-electron chi connectivity index (χ2n) is 5.51. The van der Waals surface area contributed by atoms with E-state index in [9.17, 15) is 4.79 Å². The zero-order valence-corrected chi connectivity index (χ0v) is 11.5. The van der Waals surface area contributed by atoms with Crippen molar-refractivity contribution in [2.75, 3.05) is 6.54 Å². The van der Waals surface area contributed by atoms with Crippen molar-refractivity contribution in [1.29, 1.82) is 0 Å². The Morgan fingerprint density at radius 1 is 1.25 bits per heavy atom. The van der Waals surface area contributed by atoms with Crippen LogP contribution in [0.2, 0.25) is 0 Å². The van der Waals surface area contributed by atoms with Crippen molar-refractivity contribution in [1.82, 2.24) is 10.5 Å². The van der Waals surface area contributed by atoms with Crippen LogP contribution in [0, 0.1) is 0 Å². The first-order valence-electron chi connectivity index (χ1n) is 7.27. The van der Waals surface area contributed by atoms with Crippen LogP contribution in [0.25, 0.3) is 0 Å². The average Bonchev–Trinajstić information content (AvgIpc) is 2.93. The van der Waals surface area contributed by atoms with Gasteiger partial charge in [-0.3, -0.25) is 4.79 Å². The van der Waals surface area contributed by atoms with E-state index in [-0.39, 0.29) is 5.56 Å². The molecule has 4 nitrogen and oxygen atoms in total. The van der Waals surface area contributed by atoms with E-state index in [4.69, 9.17) is 4.52 Å². The van der Waals surface area contributed by atoms with Crippen LogP contribution in [-0.2, 0) is 6.42 Å². The van der Waals surface area contributed by atoms with Crippen molar-refractivity contribution in [2.24, 2.45) is 0 Å². The van der Waals surface area contributed by atoms with Crippen LogP contribution in [0.4, 0.5) is 0 Å². The van der Waals surface area contributed by atoms with Crippen molar-refractivity contribution >= 4 is 0 Å². The smallest absolute Gasteiger partial charge is 0.280 e. The number of aryl methyl sites for hydroxylation is 1. The van der Waals surface area contributed by atoms with Crippen LogP contribution in [0.1, 0.15) is 36.5 Å². The molecule has 1 aliphatic heterocycles. The fourth-order valence-electron chi connectivity index (χ4n) is 2.97. The molecule has 2 atom stereocenters. The zero-order chi connectivity index (χ0) is 13.8. The normalized spacial score (nSPS) is 22.8. The summed E-state index contributed by atoms with van der Waals surface area (Å²) in [6, 6.07) is 12.6. The van der Waals surface area contributed by atoms with Gasteiger partial charge in [0.1, 0.15) is 5.76 Å². The summed E-state index contributed by atoms with van der Waals surface area (Å²) in [5, 5.41) is 5.95. The largest absolute Gasteiger partial charge is 0.383 e. The number of rotatable bonds is 4. The van der Waals surface area contributed by atoms with E-state index in [2.05, 4.69) is 34.7 Å². The molecule has 1 saturated heterocycles. The first kappa shape index (κ1) is 13.2. The molecule has 0 spiro atoms. The fraction of sp³-hybridized carbons (Fsp3) is 0.438. The van der Waals surface area contributed by atoms with Crippen LogP contribution < -0.4 is 10.9 Å². The Bertz CT molecular complexity index is 588. The van der Waals surface area contributed by atoms with E-state index in [0.29, 0.717) is 12.0 Å². The van der Waals surface area contributed by atoms with E-state index in [1.165, 1.54) is 5.56 Å². The number of aromatic nitrogens is 1. The second-order valence-corrected chi connectivity index (χ2v) is 5.51. The van der Waals surface area contributed by atoms with Crippen LogP contribution in [-0.4, -0.2) is 17.7 Å². The molecule has 1 aliphatic rings. The predicted molar refractivity (Wildman–Crippen MR) is 77.9 cm³/mol. The molecule has 4 heteroatoms. The summed E-state index contributed by atoms with van der Waals surface area (Å²) in [5.74, 6) is 1.16. The third kappa shape index (κ3) is 3.20. The Labute approximate surface area is 118 Å². The Kier molecular flexibility index (Phi) is 4.02. The Balaban J connectivity index is 1.57. The molecule has 2 N–H and O–H groups in total. The second kappa shape index (κ2) is 6.09. The van der Waals surface area contributed by atoms with Gasteiger partial charge in [-0.25, -0.2) is 0 Å². The molecule has 3 rings (SSSR count). The fourth-order valence-corrected chi connectivity index (χ4v) is 2.97. The molecular weight excluding hydrogens is 252 g/mol. The molecule has 0 amide bonds. The van der Waals surface area contributed by atoms with Gasteiger partial charge in [0.25, 0.3) is 5.56 Å².